The van der Waals surface area contributed by atoms with Crippen LogP contribution in [-0.4, -0.2) is 20.6 Å². The molecule has 31 heavy (non-hydrogen) atoms. The number of hydrogen-bond donors (Lipinski definition) is 0. The molecule has 158 valence electrons. The third kappa shape index (κ3) is 4.27. The number of rotatable bonds is 4. The van der Waals surface area contributed by atoms with Gasteiger partial charge >= 0.3 is 0 Å². The molecule has 0 saturated carbocycles. The normalized spacial score (nSPS) is 15.4. The molecule has 0 radical (unpaired) electrons. The van der Waals surface area contributed by atoms with E-state index >= 15 is 0 Å². The third-order valence-corrected chi connectivity index (χ3v) is 7.06. The molecule has 3 aromatic rings. The highest BCUT2D eigenvalue weighted by Crippen LogP contribution is 2.35. The van der Waals surface area contributed by atoms with E-state index in [1.807, 2.05) is 37.3 Å². The minimum Gasteiger partial charge on any atom is -0.318 e. The number of aromatic nitrogens is 1. The van der Waals surface area contributed by atoms with Gasteiger partial charge in [0.1, 0.15) is 0 Å². The van der Waals surface area contributed by atoms with E-state index < -0.39 is 0 Å². The Morgan fingerprint density at radius 3 is 2.32 bits per heavy atom. The van der Waals surface area contributed by atoms with Crippen molar-refractivity contribution in [3.8, 4) is 5.69 Å². The van der Waals surface area contributed by atoms with E-state index in [1.165, 1.54) is 16.0 Å². The van der Waals surface area contributed by atoms with Gasteiger partial charge in [-0.3, -0.25) is 14.5 Å². The maximum absolute atomic E-state index is 13.0. The zero-order valence-electron chi connectivity index (χ0n) is 17.9. The summed E-state index contributed by atoms with van der Waals surface area (Å²) in [5, 5.41) is -0.241. The lowest BCUT2D eigenvalue weighted by Gasteiger charge is -2.13. The Morgan fingerprint density at radius 1 is 0.968 bits per heavy atom. The van der Waals surface area contributed by atoms with Crippen molar-refractivity contribution in [1.82, 2.24) is 9.47 Å². The summed E-state index contributed by atoms with van der Waals surface area (Å²) >= 11 is 4.49. The van der Waals surface area contributed by atoms with Crippen molar-refractivity contribution in [1.29, 1.82) is 0 Å². The zero-order chi connectivity index (χ0) is 22.3. The molecule has 1 saturated heterocycles. The number of nitrogens with zero attached hydrogens (tertiary/aromatic N) is 2. The molecule has 2 amide bonds. The molecule has 0 unspecified atom stereocenters. The zero-order valence-corrected chi connectivity index (χ0v) is 20.3. The average molecular weight is 495 g/mol. The topological polar surface area (TPSA) is 42.3 Å². The second-order valence-electron chi connectivity index (χ2n) is 7.87. The van der Waals surface area contributed by atoms with Crippen molar-refractivity contribution < 1.29 is 9.59 Å². The molecular weight excluding hydrogens is 472 g/mol. The van der Waals surface area contributed by atoms with Gasteiger partial charge in [0.05, 0.1) is 11.4 Å². The van der Waals surface area contributed by atoms with Crippen LogP contribution in [0.3, 0.4) is 0 Å². The lowest BCUT2D eigenvalue weighted by atomic mass is 10.1. The van der Waals surface area contributed by atoms with Gasteiger partial charge in [-0.05, 0) is 92.1 Å². The number of imide groups is 1. The fraction of sp³-hybridized carbons (Fsp3) is 0.200. The Bertz CT molecular complexity index is 1220. The Hall–Kier alpha value is -2.57. The molecule has 2 heterocycles. The Labute approximate surface area is 195 Å². The van der Waals surface area contributed by atoms with Gasteiger partial charge in [0.25, 0.3) is 11.1 Å². The fourth-order valence-corrected chi connectivity index (χ4v) is 5.22. The van der Waals surface area contributed by atoms with E-state index in [-0.39, 0.29) is 17.7 Å². The van der Waals surface area contributed by atoms with Gasteiger partial charge in [0.2, 0.25) is 0 Å². The molecule has 0 bridgehead atoms. The first kappa shape index (κ1) is 21.7. The summed E-state index contributed by atoms with van der Waals surface area (Å²) in [5.41, 5.74) is 7.49. The fourth-order valence-electron chi connectivity index (χ4n) is 3.99. The van der Waals surface area contributed by atoms with Gasteiger partial charge in [-0.15, -0.1) is 0 Å². The molecule has 0 atom stereocenters. The highest BCUT2D eigenvalue weighted by Gasteiger charge is 2.35. The van der Waals surface area contributed by atoms with Crippen molar-refractivity contribution in [3.05, 3.63) is 91.6 Å². The highest BCUT2D eigenvalue weighted by atomic mass is 79.9. The molecule has 4 nitrogen and oxygen atoms in total. The molecule has 1 aliphatic rings. The lowest BCUT2D eigenvalue weighted by molar-refractivity contribution is -0.123. The third-order valence-electron chi connectivity index (χ3n) is 5.38. The maximum Gasteiger partial charge on any atom is 0.293 e. The predicted octanol–water partition coefficient (Wildman–Crippen LogP) is 6.71. The first-order valence-corrected chi connectivity index (χ1v) is 11.6. The SMILES string of the molecule is Cc1cc(C)cc(-n2c(C)cc(/C=C3\SC(=O)N(Cc4ccccc4Br)C3=O)c2C)c1. The second-order valence-corrected chi connectivity index (χ2v) is 9.71. The quantitative estimate of drug-likeness (QED) is 0.378. The van der Waals surface area contributed by atoms with Crippen LogP contribution in [0.25, 0.3) is 11.8 Å². The molecule has 0 spiro atoms. The van der Waals surface area contributed by atoms with Gasteiger partial charge in [-0.1, -0.05) is 40.2 Å². The monoisotopic (exact) mass is 494 g/mol. The number of hydrogen-bond acceptors (Lipinski definition) is 3. The van der Waals surface area contributed by atoms with Crippen molar-refractivity contribution in [2.24, 2.45) is 0 Å². The van der Waals surface area contributed by atoms with Crippen LogP contribution in [0.2, 0.25) is 0 Å². The van der Waals surface area contributed by atoms with Crippen LogP contribution >= 0.6 is 27.7 Å². The number of halogens is 1. The summed E-state index contributed by atoms with van der Waals surface area (Å²) in [7, 11) is 0. The number of aryl methyl sites for hydroxylation is 3. The van der Waals surface area contributed by atoms with Gasteiger partial charge in [-0.2, -0.15) is 0 Å². The summed E-state index contributed by atoms with van der Waals surface area (Å²) in [4.78, 5) is 27.3. The van der Waals surface area contributed by atoms with Crippen LogP contribution < -0.4 is 0 Å². The lowest BCUT2D eigenvalue weighted by Crippen LogP contribution is -2.27. The van der Waals surface area contributed by atoms with Crippen molar-refractivity contribution in [2.75, 3.05) is 0 Å². The number of benzene rings is 2. The highest BCUT2D eigenvalue weighted by molar-refractivity contribution is 9.10. The molecule has 6 heteroatoms. The van der Waals surface area contributed by atoms with E-state index in [0.29, 0.717) is 4.91 Å². The van der Waals surface area contributed by atoms with E-state index in [2.05, 4.69) is 65.5 Å². The average Bonchev–Trinajstić information content (AvgIpc) is 3.12. The van der Waals surface area contributed by atoms with Crippen molar-refractivity contribution >= 4 is 44.9 Å². The molecule has 1 fully saturated rings. The van der Waals surface area contributed by atoms with E-state index in [4.69, 9.17) is 0 Å². The van der Waals surface area contributed by atoms with Crippen LogP contribution in [0.15, 0.2) is 57.9 Å². The summed E-state index contributed by atoms with van der Waals surface area (Å²) in [5.74, 6) is -0.248. The van der Waals surface area contributed by atoms with Crippen molar-refractivity contribution in [2.45, 2.75) is 34.2 Å². The smallest absolute Gasteiger partial charge is 0.293 e. The molecule has 0 aliphatic carbocycles. The maximum atomic E-state index is 13.0. The minimum absolute atomic E-state index is 0.241. The molecule has 0 N–H and O–H groups in total. The summed E-state index contributed by atoms with van der Waals surface area (Å²) < 4.78 is 3.08. The van der Waals surface area contributed by atoms with Crippen LogP contribution in [0.1, 0.15) is 33.6 Å². The number of carbonyl (C=O) groups is 2. The number of thioether (sulfide) groups is 1. The summed E-state index contributed by atoms with van der Waals surface area (Å²) in [6.07, 6.45) is 1.84. The Balaban J connectivity index is 1.66. The van der Waals surface area contributed by atoms with Crippen LogP contribution in [0, 0.1) is 27.7 Å². The molecule has 4 rings (SSSR count). The first-order chi connectivity index (χ1) is 14.7. The Morgan fingerprint density at radius 2 is 1.65 bits per heavy atom. The van der Waals surface area contributed by atoms with Crippen LogP contribution in [0.4, 0.5) is 4.79 Å². The molecule has 2 aromatic carbocycles. The molecule has 1 aromatic heterocycles. The summed E-state index contributed by atoms with van der Waals surface area (Å²) in [6.45, 7) is 8.53. The predicted molar refractivity (Wildman–Crippen MR) is 130 cm³/mol. The molecular formula is C25H23BrN2O2S. The standard InChI is InChI=1S/C25H23BrN2O2S/c1-15-9-16(2)11-21(10-15)28-17(3)12-20(18(28)4)13-23-24(29)27(25(30)31-23)14-19-7-5-6-8-22(19)26/h5-13H,14H2,1-4H3/b23-13-. The van der Waals surface area contributed by atoms with Gasteiger partial charge in [0, 0.05) is 21.5 Å². The second kappa shape index (κ2) is 8.52. The largest absolute Gasteiger partial charge is 0.318 e. The number of carbonyl (C=O) groups excluding carboxylic acids is 2. The van der Waals surface area contributed by atoms with E-state index in [0.717, 1.165) is 44.4 Å². The van der Waals surface area contributed by atoms with Gasteiger partial charge < -0.3 is 4.57 Å². The molecule has 1 aliphatic heterocycles. The minimum atomic E-state index is -0.248. The first-order valence-electron chi connectivity index (χ1n) is 10.0. The number of amides is 2. The van der Waals surface area contributed by atoms with E-state index in [9.17, 15) is 9.59 Å². The van der Waals surface area contributed by atoms with Crippen molar-refractivity contribution in [3.63, 3.8) is 0 Å². The van der Waals surface area contributed by atoms with E-state index in [1.54, 1.807) is 0 Å². The Kier molecular flexibility index (Phi) is 5.95. The summed E-state index contributed by atoms with van der Waals surface area (Å²) in [6, 6.07) is 16.2. The van der Waals surface area contributed by atoms with Gasteiger partial charge in [-0.25, -0.2) is 0 Å². The van der Waals surface area contributed by atoms with Crippen LogP contribution in [0.5, 0.6) is 0 Å². The van der Waals surface area contributed by atoms with Gasteiger partial charge in [0.15, 0.2) is 0 Å². The van der Waals surface area contributed by atoms with Crippen LogP contribution in [-0.2, 0) is 11.3 Å².